The number of benzene rings is 2. The molecule has 1 atom stereocenters. The topological polar surface area (TPSA) is 49.9 Å². The van der Waals surface area contributed by atoms with Crippen molar-refractivity contribution in [3.05, 3.63) is 54.1 Å². The maximum atomic E-state index is 12.8. The highest BCUT2D eigenvalue weighted by molar-refractivity contribution is 8.00. The standard InChI is InChI=1S/C21H24N2O3S/c1-15(16-8-4-6-10-18(16)26-3)22(2)20(24)12-13-23-17-9-5-7-11-19(17)27-14-21(23)25/h4-11,15H,12-14H2,1-3H3. The summed E-state index contributed by atoms with van der Waals surface area (Å²) in [5.74, 6) is 1.23. The Hall–Kier alpha value is -2.47. The molecule has 3 rings (SSSR count). The van der Waals surface area contributed by atoms with E-state index in [1.54, 1.807) is 35.7 Å². The van der Waals surface area contributed by atoms with Gasteiger partial charge in [-0.05, 0) is 25.1 Å². The lowest BCUT2D eigenvalue weighted by Crippen LogP contribution is -2.39. The number of thioether (sulfide) groups is 1. The maximum Gasteiger partial charge on any atom is 0.237 e. The highest BCUT2D eigenvalue weighted by atomic mass is 32.2. The van der Waals surface area contributed by atoms with Crippen molar-refractivity contribution < 1.29 is 14.3 Å². The van der Waals surface area contributed by atoms with Crippen LogP contribution in [0.2, 0.25) is 0 Å². The van der Waals surface area contributed by atoms with Gasteiger partial charge in [0.1, 0.15) is 5.75 Å². The van der Waals surface area contributed by atoms with Crippen LogP contribution in [0.3, 0.4) is 0 Å². The summed E-state index contributed by atoms with van der Waals surface area (Å²) in [5.41, 5.74) is 1.86. The van der Waals surface area contributed by atoms with Crippen LogP contribution >= 0.6 is 11.8 Å². The van der Waals surface area contributed by atoms with Gasteiger partial charge in [-0.2, -0.15) is 0 Å². The average molecular weight is 385 g/mol. The van der Waals surface area contributed by atoms with Gasteiger partial charge < -0.3 is 14.5 Å². The van der Waals surface area contributed by atoms with Crippen LogP contribution in [-0.4, -0.2) is 43.2 Å². The number of carbonyl (C=O) groups is 2. The van der Waals surface area contributed by atoms with Crippen molar-refractivity contribution in [3.63, 3.8) is 0 Å². The average Bonchev–Trinajstić information content (AvgIpc) is 2.71. The van der Waals surface area contributed by atoms with Gasteiger partial charge in [-0.15, -0.1) is 11.8 Å². The zero-order chi connectivity index (χ0) is 19.4. The van der Waals surface area contributed by atoms with Crippen LogP contribution in [0, 0.1) is 0 Å². The number of nitrogens with zero attached hydrogens (tertiary/aromatic N) is 2. The van der Waals surface area contributed by atoms with Crippen molar-refractivity contribution in [1.29, 1.82) is 0 Å². The second-order valence-electron chi connectivity index (χ2n) is 6.47. The molecule has 142 valence electrons. The summed E-state index contributed by atoms with van der Waals surface area (Å²) in [6.45, 7) is 2.37. The van der Waals surface area contributed by atoms with E-state index in [1.165, 1.54) is 0 Å². The molecule has 2 aromatic carbocycles. The second kappa shape index (κ2) is 8.48. The molecule has 5 nitrogen and oxygen atoms in total. The lowest BCUT2D eigenvalue weighted by molar-refractivity contribution is -0.131. The number of para-hydroxylation sites is 2. The Labute approximate surface area is 164 Å². The molecule has 0 spiro atoms. The second-order valence-corrected chi connectivity index (χ2v) is 7.49. The lowest BCUT2D eigenvalue weighted by atomic mass is 10.1. The molecule has 2 aromatic rings. The minimum atomic E-state index is -0.117. The van der Waals surface area contributed by atoms with Crippen molar-refractivity contribution >= 4 is 29.3 Å². The molecule has 1 aliphatic heterocycles. The first-order valence-corrected chi connectivity index (χ1v) is 9.92. The van der Waals surface area contributed by atoms with Crippen molar-refractivity contribution in [2.24, 2.45) is 0 Å². The van der Waals surface area contributed by atoms with E-state index in [1.807, 2.05) is 55.5 Å². The number of ether oxygens (including phenoxy) is 1. The van der Waals surface area contributed by atoms with E-state index in [4.69, 9.17) is 4.74 Å². The van der Waals surface area contributed by atoms with Gasteiger partial charge in [0.25, 0.3) is 0 Å². The van der Waals surface area contributed by atoms with Crippen LogP contribution < -0.4 is 9.64 Å². The number of carbonyl (C=O) groups excluding carboxylic acids is 2. The van der Waals surface area contributed by atoms with Crippen LogP contribution in [0.15, 0.2) is 53.4 Å². The number of hydrogen-bond acceptors (Lipinski definition) is 4. The third-order valence-corrected chi connectivity index (χ3v) is 5.97. The molecule has 0 bridgehead atoms. The van der Waals surface area contributed by atoms with Crippen LogP contribution in [0.5, 0.6) is 5.75 Å². The van der Waals surface area contributed by atoms with Crippen molar-refractivity contribution in [3.8, 4) is 5.75 Å². The molecule has 1 heterocycles. The fourth-order valence-electron chi connectivity index (χ4n) is 3.22. The molecule has 1 unspecified atom stereocenters. The lowest BCUT2D eigenvalue weighted by Gasteiger charge is -2.30. The first-order chi connectivity index (χ1) is 13.0. The number of methoxy groups -OCH3 is 1. The van der Waals surface area contributed by atoms with Gasteiger partial charge >= 0.3 is 0 Å². The SMILES string of the molecule is COc1ccccc1C(C)N(C)C(=O)CCN1C(=O)CSc2ccccc21. The Kier molecular flexibility index (Phi) is 6.06. The summed E-state index contributed by atoms with van der Waals surface area (Å²) >= 11 is 1.55. The predicted molar refractivity (Wildman–Crippen MR) is 108 cm³/mol. The van der Waals surface area contributed by atoms with Crippen molar-refractivity contribution in [2.45, 2.75) is 24.3 Å². The number of fused-ring (bicyclic) bond motifs is 1. The van der Waals surface area contributed by atoms with Gasteiger partial charge in [-0.3, -0.25) is 9.59 Å². The zero-order valence-corrected chi connectivity index (χ0v) is 16.7. The van der Waals surface area contributed by atoms with E-state index in [2.05, 4.69) is 0 Å². The smallest absolute Gasteiger partial charge is 0.237 e. The molecule has 27 heavy (non-hydrogen) atoms. The minimum Gasteiger partial charge on any atom is -0.496 e. The fraction of sp³-hybridized carbons (Fsp3) is 0.333. The van der Waals surface area contributed by atoms with Gasteiger partial charge in [-0.25, -0.2) is 0 Å². The van der Waals surface area contributed by atoms with Crippen LogP contribution in [0.1, 0.15) is 24.9 Å². The van der Waals surface area contributed by atoms with Gasteiger partial charge in [0.2, 0.25) is 11.8 Å². The molecule has 0 aromatic heterocycles. The summed E-state index contributed by atoms with van der Waals surface area (Å²) in [4.78, 5) is 29.6. The molecule has 0 saturated heterocycles. The Morgan fingerprint density at radius 2 is 1.93 bits per heavy atom. The summed E-state index contributed by atoms with van der Waals surface area (Å²) < 4.78 is 5.41. The molecule has 2 amide bonds. The van der Waals surface area contributed by atoms with Gasteiger partial charge in [0.05, 0.1) is 24.6 Å². The molecular weight excluding hydrogens is 360 g/mol. The number of hydrogen-bond donors (Lipinski definition) is 0. The molecule has 0 fully saturated rings. The van der Waals surface area contributed by atoms with E-state index >= 15 is 0 Å². The van der Waals surface area contributed by atoms with Crippen molar-refractivity contribution in [1.82, 2.24) is 4.90 Å². The quantitative estimate of drug-likeness (QED) is 0.761. The van der Waals surface area contributed by atoms with Crippen LogP contribution in [-0.2, 0) is 9.59 Å². The first kappa shape index (κ1) is 19.3. The van der Waals surface area contributed by atoms with E-state index in [0.717, 1.165) is 21.9 Å². The first-order valence-electron chi connectivity index (χ1n) is 8.93. The van der Waals surface area contributed by atoms with E-state index in [0.29, 0.717) is 12.3 Å². The van der Waals surface area contributed by atoms with E-state index < -0.39 is 0 Å². The fourth-order valence-corrected chi connectivity index (χ4v) is 4.15. The number of rotatable bonds is 6. The highest BCUT2D eigenvalue weighted by Gasteiger charge is 2.26. The van der Waals surface area contributed by atoms with Gasteiger partial charge in [-0.1, -0.05) is 30.3 Å². The summed E-state index contributed by atoms with van der Waals surface area (Å²) in [6, 6.07) is 15.4. The van der Waals surface area contributed by atoms with E-state index in [9.17, 15) is 9.59 Å². The monoisotopic (exact) mass is 384 g/mol. The molecular formula is C21H24N2O3S. The Bertz CT molecular complexity index is 840. The minimum absolute atomic E-state index is 0.00286. The third kappa shape index (κ3) is 4.11. The van der Waals surface area contributed by atoms with E-state index in [-0.39, 0.29) is 24.3 Å². The molecule has 0 radical (unpaired) electrons. The normalized spacial score (nSPS) is 14.5. The number of anilines is 1. The maximum absolute atomic E-state index is 12.8. The molecule has 0 aliphatic carbocycles. The zero-order valence-electron chi connectivity index (χ0n) is 15.8. The Balaban J connectivity index is 1.68. The summed E-state index contributed by atoms with van der Waals surface area (Å²) in [5, 5.41) is 0. The molecule has 1 aliphatic rings. The largest absolute Gasteiger partial charge is 0.496 e. The molecule has 0 N–H and O–H groups in total. The Morgan fingerprint density at radius 1 is 1.22 bits per heavy atom. The predicted octanol–water partition coefficient (Wildman–Crippen LogP) is 3.74. The van der Waals surface area contributed by atoms with Gasteiger partial charge in [0, 0.05) is 30.5 Å². The van der Waals surface area contributed by atoms with Gasteiger partial charge in [0.15, 0.2) is 0 Å². The molecule has 6 heteroatoms. The Morgan fingerprint density at radius 3 is 2.70 bits per heavy atom. The summed E-state index contributed by atoms with van der Waals surface area (Å²) in [6.07, 6.45) is 0.279. The van der Waals surface area contributed by atoms with Crippen LogP contribution in [0.25, 0.3) is 0 Å². The third-order valence-electron chi connectivity index (χ3n) is 4.92. The number of amides is 2. The highest BCUT2D eigenvalue weighted by Crippen LogP contribution is 2.35. The molecule has 0 saturated carbocycles. The van der Waals surface area contributed by atoms with Crippen LogP contribution in [0.4, 0.5) is 5.69 Å². The summed E-state index contributed by atoms with van der Waals surface area (Å²) in [7, 11) is 3.42. The van der Waals surface area contributed by atoms with Crippen molar-refractivity contribution in [2.75, 3.05) is 31.4 Å².